The fourth-order valence-corrected chi connectivity index (χ4v) is 4.12. The van der Waals surface area contributed by atoms with E-state index >= 15 is 0 Å². The summed E-state index contributed by atoms with van der Waals surface area (Å²) in [6.45, 7) is 8.77. The first-order chi connectivity index (χ1) is 14.0. The topological polar surface area (TPSA) is 0 Å². The maximum atomic E-state index is 2.36. The van der Waals surface area contributed by atoms with Crippen molar-refractivity contribution in [3.05, 3.63) is 107 Å². The molecule has 0 radical (unpaired) electrons. The lowest BCUT2D eigenvalue weighted by atomic mass is 9.90. The van der Waals surface area contributed by atoms with E-state index in [9.17, 15) is 0 Å². The van der Waals surface area contributed by atoms with Crippen LogP contribution in [-0.2, 0) is 6.42 Å². The van der Waals surface area contributed by atoms with Crippen LogP contribution in [-0.4, -0.2) is 0 Å². The Morgan fingerprint density at radius 3 is 1.55 bits per heavy atom. The molecule has 0 aliphatic heterocycles. The molecule has 0 unspecified atom stereocenters. The fourth-order valence-electron chi connectivity index (χ4n) is 4.12. The highest BCUT2D eigenvalue weighted by molar-refractivity contribution is 5.78. The summed E-state index contributed by atoms with van der Waals surface area (Å²) < 4.78 is 0. The van der Waals surface area contributed by atoms with Gasteiger partial charge in [0.2, 0.25) is 0 Å². The maximum Gasteiger partial charge on any atom is -0.0149 e. The van der Waals surface area contributed by atoms with E-state index in [2.05, 4.69) is 113 Å². The van der Waals surface area contributed by atoms with Gasteiger partial charge in [0, 0.05) is 0 Å². The van der Waals surface area contributed by atoms with Gasteiger partial charge in [-0.05, 0) is 71.7 Å². The summed E-state index contributed by atoms with van der Waals surface area (Å²) in [5.74, 6) is 0. The second kappa shape index (κ2) is 8.09. The van der Waals surface area contributed by atoms with Gasteiger partial charge in [-0.15, -0.1) is 0 Å². The quantitative estimate of drug-likeness (QED) is 0.337. The molecule has 0 spiro atoms. The van der Waals surface area contributed by atoms with E-state index in [4.69, 9.17) is 0 Å². The van der Waals surface area contributed by atoms with Crippen LogP contribution in [0.5, 0.6) is 0 Å². The number of aryl methyl sites for hydroxylation is 4. The van der Waals surface area contributed by atoms with Crippen LogP contribution in [0.3, 0.4) is 0 Å². The summed E-state index contributed by atoms with van der Waals surface area (Å²) in [7, 11) is 0. The standard InChI is InChI=1S/C29H28/c1-5-23-19-27(25-11-7-9-21(3)17-25)13-15-29(23)28-14-12-26(18-22(28)4)24-10-6-8-20(2)16-24/h6-19H,5H2,1-4H3. The third-order valence-electron chi connectivity index (χ3n) is 5.71. The van der Waals surface area contributed by atoms with Gasteiger partial charge in [-0.2, -0.15) is 0 Å². The van der Waals surface area contributed by atoms with E-state index in [1.54, 1.807) is 0 Å². The van der Waals surface area contributed by atoms with E-state index < -0.39 is 0 Å². The van der Waals surface area contributed by atoms with Gasteiger partial charge in [0.1, 0.15) is 0 Å². The molecule has 144 valence electrons. The van der Waals surface area contributed by atoms with Crippen LogP contribution in [0, 0.1) is 20.8 Å². The molecule has 0 aliphatic rings. The lowest BCUT2D eigenvalue weighted by Crippen LogP contribution is -1.93. The van der Waals surface area contributed by atoms with Crippen LogP contribution in [0.2, 0.25) is 0 Å². The first kappa shape index (κ1) is 19.2. The van der Waals surface area contributed by atoms with Crippen molar-refractivity contribution in [2.75, 3.05) is 0 Å². The first-order valence-electron chi connectivity index (χ1n) is 10.4. The average molecular weight is 377 g/mol. The number of hydrogen-bond acceptors (Lipinski definition) is 0. The molecular formula is C29H28. The van der Waals surface area contributed by atoms with E-state index in [-0.39, 0.29) is 0 Å². The van der Waals surface area contributed by atoms with Crippen LogP contribution >= 0.6 is 0 Å². The van der Waals surface area contributed by atoms with Crippen molar-refractivity contribution in [3.63, 3.8) is 0 Å². The van der Waals surface area contributed by atoms with Gasteiger partial charge in [-0.3, -0.25) is 0 Å². The highest BCUT2D eigenvalue weighted by Gasteiger charge is 2.10. The molecule has 4 rings (SSSR count). The molecule has 4 aromatic carbocycles. The Labute approximate surface area is 174 Å². The molecule has 0 saturated heterocycles. The molecule has 0 fully saturated rings. The fraction of sp³-hybridized carbons (Fsp3) is 0.172. The van der Waals surface area contributed by atoms with Crippen LogP contribution in [0.4, 0.5) is 0 Å². The SMILES string of the molecule is CCc1cc(-c2cccc(C)c2)ccc1-c1ccc(-c2cccc(C)c2)cc1C. The van der Waals surface area contributed by atoms with Gasteiger partial charge < -0.3 is 0 Å². The third-order valence-corrected chi connectivity index (χ3v) is 5.71. The van der Waals surface area contributed by atoms with Crippen molar-refractivity contribution < 1.29 is 0 Å². The molecule has 0 heteroatoms. The lowest BCUT2D eigenvalue weighted by Gasteiger charge is -2.15. The Morgan fingerprint density at radius 1 is 0.517 bits per heavy atom. The van der Waals surface area contributed by atoms with Crippen LogP contribution in [0.1, 0.15) is 29.2 Å². The Kier molecular flexibility index (Phi) is 5.36. The zero-order valence-corrected chi connectivity index (χ0v) is 17.8. The molecule has 0 bridgehead atoms. The molecular weight excluding hydrogens is 348 g/mol. The predicted octanol–water partition coefficient (Wildman–Crippen LogP) is 8.18. The zero-order valence-electron chi connectivity index (χ0n) is 17.8. The Morgan fingerprint density at radius 2 is 1.03 bits per heavy atom. The van der Waals surface area contributed by atoms with Crippen LogP contribution < -0.4 is 0 Å². The largest absolute Gasteiger partial charge is 0.0614 e. The zero-order chi connectivity index (χ0) is 20.4. The molecule has 29 heavy (non-hydrogen) atoms. The van der Waals surface area contributed by atoms with Crippen LogP contribution in [0.15, 0.2) is 84.9 Å². The van der Waals surface area contributed by atoms with E-state index in [0.29, 0.717) is 0 Å². The number of benzene rings is 4. The van der Waals surface area contributed by atoms with Gasteiger partial charge in [0.25, 0.3) is 0 Å². The van der Waals surface area contributed by atoms with Crippen molar-refractivity contribution in [1.29, 1.82) is 0 Å². The first-order valence-corrected chi connectivity index (χ1v) is 10.4. The Bertz CT molecular complexity index is 1160. The molecule has 0 aromatic heterocycles. The van der Waals surface area contributed by atoms with E-state index in [0.717, 1.165) is 6.42 Å². The smallest absolute Gasteiger partial charge is 0.0149 e. The molecule has 0 atom stereocenters. The Balaban J connectivity index is 1.74. The normalized spacial score (nSPS) is 10.9. The van der Waals surface area contributed by atoms with Gasteiger partial charge in [-0.1, -0.05) is 103 Å². The Hall–Kier alpha value is -3.12. The third kappa shape index (κ3) is 4.03. The highest BCUT2D eigenvalue weighted by atomic mass is 14.1. The highest BCUT2D eigenvalue weighted by Crippen LogP contribution is 2.33. The lowest BCUT2D eigenvalue weighted by molar-refractivity contribution is 1.14. The van der Waals surface area contributed by atoms with Crippen molar-refractivity contribution in [1.82, 2.24) is 0 Å². The molecule has 0 heterocycles. The van der Waals surface area contributed by atoms with Crippen molar-refractivity contribution >= 4 is 0 Å². The summed E-state index contributed by atoms with van der Waals surface area (Å²) in [5.41, 5.74) is 13.1. The van der Waals surface area contributed by atoms with E-state index in [1.807, 2.05) is 0 Å². The van der Waals surface area contributed by atoms with Gasteiger partial charge in [0.05, 0.1) is 0 Å². The molecule has 0 saturated carbocycles. The minimum absolute atomic E-state index is 1.02. The van der Waals surface area contributed by atoms with Crippen molar-refractivity contribution in [2.24, 2.45) is 0 Å². The summed E-state index contributed by atoms with van der Waals surface area (Å²) >= 11 is 0. The summed E-state index contributed by atoms with van der Waals surface area (Å²) in [5, 5.41) is 0. The summed E-state index contributed by atoms with van der Waals surface area (Å²) in [6.07, 6.45) is 1.02. The summed E-state index contributed by atoms with van der Waals surface area (Å²) in [6, 6.07) is 31.2. The van der Waals surface area contributed by atoms with Gasteiger partial charge in [-0.25, -0.2) is 0 Å². The minimum Gasteiger partial charge on any atom is -0.0614 e. The molecule has 0 N–H and O–H groups in total. The molecule has 4 aromatic rings. The predicted molar refractivity (Wildman–Crippen MR) is 126 cm³/mol. The van der Waals surface area contributed by atoms with Crippen LogP contribution in [0.25, 0.3) is 33.4 Å². The molecule has 0 nitrogen and oxygen atoms in total. The molecule has 0 amide bonds. The second-order valence-corrected chi connectivity index (χ2v) is 7.99. The second-order valence-electron chi connectivity index (χ2n) is 7.99. The summed E-state index contributed by atoms with van der Waals surface area (Å²) in [4.78, 5) is 0. The van der Waals surface area contributed by atoms with Gasteiger partial charge >= 0.3 is 0 Å². The average Bonchev–Trinajstić information content (AvgIpc) is 2.73. The van der Waals surface area contributed by atoms with Crippen molar-refractivity contribution in [3.8, 4) is 33.4 Å². The van der Waals surface area contributed by atoms with Gasteiger partial charge in [0.15, 0.2) is 0 Å². The number of rotatable bonds is 4. The maximum absolute atomic E-state index is 2.36. The molecule has 0 aliphatic carbocycles. The van der Waals surface area contributed by atoms with E-state index in [1.165, 1.54) is 55.6 Å². The van der Waals surface area contributed by atoms with Crippen molar-refractivity contribution in [2.45, 2.75) is 34.1 Å². The number of hydrogen-bond donors (Lipinski definition) is 0. The minimum atomic E-state index is 1.02. The monoisotopic (exact) mass is 376 g/mol.